The van der Waals surface area contributed by atoms with Crippen LogP contribution < -0.4 is 13.1 Å². The molecule has 0 amide bonds. The number of hydrogen-bond donors (Lipinski definition) is 1. The molecule has 3 unspecified atom stereocenters. The Labute approximate surface area is 236 Å². The number of halogens is 1. The third-order valence-electron chi connectivity index (χ3n) is 6.71. The van der Waals surface area contributed by atoms with E-state index in [-0.39, 0.29) is 32.6 Å². The predicted octanol–water partition coefficient (Wildman–Crippen LogP) is 4.67. The van der Waals surface area contributed by atoms with Gasteiger partial charge in [-0.15, -0.1) is 0 Å². The number of ether oxygens (including phenoxy) is 1. The van der Waals surface area contributed by atoms with Crippen LogP contribution in [0.1, 0.15) is 17.5 Å². The Morgan fingerprint density at radius 1 is 0.789 bits per heavy atom. The van der Waals surface area contributed by atoms with Gasteiger partial charge in [-0.25, -0.2) is 0 Å². The van der Waals surface area contributed by atoms with Gasteiger partial charge in [0.15, 0.2) is 0 Å². The number of aromatic hydroxyl groups is 1. The number of rotatable bonds is 7. The molecule has 0 aromatic heterocycles. The van der Waals surface area contributed by atoms with Crippen LogP contribution in [0.2, 0.25) is 0 Å². The molecule has 0 saturated carbocycles. The van der Waals surface area contributed by atoms with Gasteiger partial charge in [0.2, 0.25) is 0 Å². The van der Waals surface area contributed by atoms with E-state index in [2.05, 4.69) is 64.5 Å². The zero-order valence-electron chi connectivity index (χ0n) is 20.0. The second kappa shape index (κ2) is 10.4. The molecular formula is C30H23BrO5SSe. The summed E-state index contributed by atoms with van der Waals surface area (Å²) in [4.78, 5) is 0. The maximum atomic E-state index is 13.4. The zero-order valence-corrected chi connectivity index (χ0v) is 24.1. The molecule has 192 valence electrons. The molecule has 38 heavy (non-hydrogen) atoms. The van der Waals surface area contributed by atoms with E-state index in [1.165, 1.54) is 8.92 Å². The van der Waals surface area contributed by atoms with Crippen LogP contribution in [0.5, 0.6) is 11.5 Å². The van der Waals surface area contributed by atoms with Crippen LogP contribution in [0.3, 0.4) is 0 Å². The van der Waals surface area contributed by atoms with Gasteiger partial charge in [0.1, 0.15) is 0 Å². The fourth-order valence-electron chi connectivity index (χ4n) is 5.01. The van der Waals surface area contributed by atoms with Crippen molar-refractivity contribution in [3.05, 3.63) is 119 Å². The summed E-state index contributed by atoms with van der Waals surface area (Å²) < 4.78 is 42.0. The molecule has 0 spiro atoms. The second-order valence-electron chi connectivity index (χ2n) is 9.16. The van der Waals surface area contributed by atoms with Gasteiger partial charge < -0.3 is 0 Å². The Bertz CT molecular complexity index is 1590. The first-order valence-electron chi connectivity index (χ1n) is 12.1. The molecule has 1 saturated heterocycles. The van der Waals surface area contributed by atoms with E-state index in [1.54, 1.807) is 48.5 Å². The van der Waals surface area contributed by atoms with Gasteiger partial charge in [-0.2, -0.15) is 0 Å². The van der Waals surface area contributed by atoms with Crippen LogP contribution in [0, 0.1) is 0 Å². The third-order valence-corrected chi connectivity index (χ3v) is 11.0. The fraction of sp³-hybridized carbons (Fsp3) is 0.133. The molecule has 0 radical (unpaired) electrons. The van der Waals surface area contributed by atoms with Crippen molar-refractivity contribution in [1.82, 2.24) is 0 Å². The van der Waals surface area contributed by atoms with Gasteiger partial charge in [0.05, 0.1) is 0 Å². The Kier molecular flexibility index (Phi) is 6.93. The van der Waals surface area contributed by atoms with Crippen molar-refractivity contribution in [2.75, 3.05) is 0 Å². The number of benzene rings is 4. The zero-order chi connectivity index (χ0) is 26.3. The van der Waals surface area contributed by atoms with E-state index < -0.39 is 21.5 Å². The third kappa shape index (κ3) is 5.07. The first-order valence-corrected chi connectivity index (χ1v) is 16.1. The summed E-state index contributed by atoms with van der Waals surface area (Å²) in [5.74, 6) is 0.414. The SMILES string of the molecule is O=S(=O)(Oc1ccc(Br)cc1)C1CC2OC1C(c1ccc(O)cc1)=C2c1ccc([Se]c2ccccc2)cc1. The van der Waals surface area contributed by atoms with E-state index in [1.807, 2.05) is 6.07 Å². The van der Waals surface area contributed by atoms with Gasteiger partial charge >= 0.3 is 205 Å². The van der Waals surface area contributed by atoms with E-state index >= 15 is 0 Å². The summed E-state index contributed by atoms with van der Waals surface area (Å²) in [6.07, 6.45) is -0.730. The van der Waals surface area contributed by atoms with E-state index in [0.29, 0.717) is 6.42 Å². The molecule has 2 aliphatic heterocycles. The van der Waals surface area contributed by atoms with Crippen molar-refractivity contribution in [3.8, 4) is 11.5 Å². The molecule has 4 aromatic rings. The Balaban J connectivity index is 1.35. The summed E-state index contributed by atoms with van der Waals surface area (Å²) in [5, 5.41) is 9.02. The molecule has 2 aliphatic rings. The number of fused-ring (bicyclic) bond motifs is 2. The van der Waals surface area contributed by atoms with Crippen molar-refractivity contribution >= 4 is 61.1 Å². The van der Waals surface area contributed by atoms with Gasteiger partial charge in [-0.1, -0.05) is 15.9 Å². The Morgan fingerprint density at radius 3 is 2.08 bits per heavy atom. The van der Waals surface area contributed by atoms with Crippen LogP contribution in [0.4, 0.5) is 0 Å². The first kappa shape index (κ1) is 25.4. The molecule has 2 heterocycles. The molecule has 5 nitrogen and oxygen atoms in total. The first-order chi connectivity index (χ1) is 18.4. The summed E-state index contributed by atoms with van der Waals surface area (Å²) >= 11 is 3.56. The van der Waals surface area contributed by atoms with Crippen LogP contribution in [0.15, 0.2) is 108 Å². The number of hydrogen-bond acceptors (Lipinski definition) is 5. The number of phenols is 1. The fourth-order valence-corrected chi connectivity index (χ4v) is 8.44. The van der Waals surface area contributed by atoms with Crippen molar-refractivity contribution < 1.29 is 22.4 Å². The maximum absolute atomic E-state index is 13.4. The topological polar surface area (TPSA) is 72.8 Å². The normalized spacial score (nSPS) is 20.6. The van der Waals surface area contributed by atoms with Gasteiger partial charge in [0.25, 0.3) is 0 Å². The second-order valence-corrected chi connectivity index (χ2v) is 14.2. The minimum atomic E-state index is -3.97. The van der Waals surface area contributed by atoms with Crippen LogP contribution in [-0.4, -0.2) is 45.9 Å². The molecule has 4 aromatic carbocycles. The van der Waals surface area contributed by atoms with E-state index in [9.17, 15) is 13.5 Å². The van der Waals surface area contributed by atoms with Crippen molar-refractivity contribution in [2.24, 2.45) is 0 Å². The van der Waals surface area contributed by atoms with Gasteiger partial charge in [-0.05, 0) is 12.1 Å². The number of phenolic OH excluding ortho intramolecular Hbond substituents is 1. The monoisotopic (exact) mass is 654 g/mol. The molecule has 3 atom stereocenters. The summed E-state index contributed by atoms with van der Waals surface area (Å²) in [7, 11) is -3.97. The van der Waals surface area contributed by atoms with Gasteiger partial charge in [-0.3, -0.25) is 0 Å². The summed E-state index contributed by atoms with van der Waals surface area (Å²) in [6, 6.07) is 32.4. The van der Waals surface area contributed by atoms with E-state index in [0.717, 1.165) is 26.7 Å². The van der Waals surface area contributed by atoms with Crippen molar-refractivity contribution in [2.45, 2.75) is 23.9 Å². The van der Waals surface area contributed by atoms with Crippen LogP contribution in [0.25, 0.3) is 11.1 Å². The molecule has 6 rings (SSSR count). The molecule has 8 heteroatoms. The average Bonchev–Trinajstić information content (AvgIpc) is 3.52. The van der Waals surface area contributed by atoms with E-state index in [4.69, 9.17) is 8.92 Å². The van der Waals surface area contributed by atoms with Gasteiger partial charge in [0, 0.05) is 4.47 Å². The summed E-state index contributed by atoms with van der Waals surface area (Å²) in [5.41, 5.74) is 3.66. The molecule has 1 fully saturated rings. The standard InChI is InChI=1S/C30H23BrO5SSe/c31-21-10-14-23(15-11-21)36-37(33,34)27-18-26-28(29(30(27)35-26)20-6-12-22(32)13-7-20)19-8-16-25(17-9-19)38-24-4-2-1-3-5-24/h1-17,26-27,30,32H,18H2. The molecule has 1 N–H and O–H groups in total. The van der Waals surface area contributed by atoms with Crippen LogP contribution >= 0.6 is 15.9 Å². The molecule has 0 aliphatic carbocycles. The average molecular weight is 654 g/mol. The molecular weight excluding hydrogens is 631 g/mol. The summed E-state index contributed by atoms with van der Waals surface area (Å²) in [6.45, 7) is 0. The minimum absolute atomic E-state index is 0.148. The van der Waals surface area contributed by atoms with Crippen LogP contribution in [-0.2, 0) is 14.9 Å². The molecule has 2 bridgehead atoms. The quantitative estimate of drug-likeness (QED) is 0.232. The Morgan fingerprint density at radius 2 is 1.39 bits per heavy atom. The predicted molar refractivity (Wildman–Crippen MR) is 154 cm³/mol. The van der Waals surface area contributed by atoms with Crippen molar-refractivity contribution in [3.63, 3.8) is 0 Å². The van der Waals surface area contributed by atoms with Crippen molar-refractivity contribution in [1.29, 1.82) is 0 Å². The Hall–Kier alpha value is -2.87.